The van der Waals surface area contributed by atoms with E-state index in [1.807, 2.05) is 12.1 Å². The highest BCUT2D eigenvalue weighted by Crippen LogP contribution is 2.11. The molecule has 0 unspecified atom stereocenters. The second-order valence-corrected chi connectivity index (χ2v) is 7.71. The van der Waals surface area contributed by atoms with Gasteiger partial charge in [0.2, 0.25) is 10.0 Å². The summed E-state index contributed by atoms with van der Waals surface area (Å²) in [4.78, 5) is 0.290. The predicted octanol–water partition coefficient (Wildman–Crippen LogP) is 1.83. The summed E-state index contributed by atoms with van der Waals surface area (Å²) in [5.74, 6) is 3.77. The molecule has 0 aliphatic rings. The van der Waals surface area contributed by atoms with Gasteiger partial charge in [0.25, 0.3) is 0 Å². The van der Waals surface area contributed by atoms with Crippen LogP contribution >= 0.6 is 11.8 Å². The first-order valence-corrected chi connectivity index (χ1v) is 9.42. The molecule has 1 aromatic carbocycles. The van der Waals surface area contributed by atoms with Gasteiger partial charge < -0.3 is 5.32 Å². The number of sulfonamides is 1. The van der Waals surface area contributed by atoms with E-state index >= 15 is 0 Å². The topological polar surface area (TPSA) is 58.2 Å². The van der Waals surface area contributed by atoms with E-state index in [0.717, 1.165) is 12.1 Å². The molecule has 0 aromatic heterocycles. The van der Waals surface area contributed by atoms with Crippen LogP contribution in [-0.2, 0) is 16.6 Å². The number of nitrogens with one attached hydrogen (secondary N) is 2. The number of thioether (sulfide) groups is 1. The van der Waals surface area contributed by atoms with E-state index in [2.05, 4.69) is 29.8 Å². The molecule has 0 aliphatic heterocycles. The second-order valence-electron chi connectivity index (χ2n) is 4.83. The first-order valence-electron chi connectivity index (χ1n) is 6.79. The van der Waals surface area contributed by atoms with Crippen LogP contribution in [0.4, 0.5) is 0 Å². The molecule has 0 aliphatic carbocycles. The average Bonchev–Trinajstić information content (AvgIpc) is 2.45. The maximum atomic E-state index is 12.1. The van der Waals surface area contributed by atoms with Crippen LogP contribution in [0.5, 0.6) is 0 Å². The van der Waals surface area contributed by atoms with Crippen molar-refractivity contribution in [3.05, 3.63) is 29.8 Å². The number of hydrogen-bond acceptors (Lipinski definition) is 4. The lowest BCUT2D eigenvalue weighted by Gasteiger charge is -2.09. The number of rotatable bonds is 9. The van der Waals surface area contributed by atoms with Gasteiger partial charge in [-0.15, -0.1) is 18.2 Å². The summed E-state index contributed by atoms with van der Waals surface area (Å²) in [6.07, 6.45) is 5.13. The van der Waals surface area contributed by atoms with Crippen molar-refractivity contribution in [3.8, 4) is 12.3 Å². The zero-order chi connectivity index (χ0) is 15.7. The Labute approximate surface area is 132 Å². The minimum absolute atomic E-state index is 0.290. The summed E-state index contributed by atoms with van der Waals surface area (Å²) in [5, 5.41) is 3.29. The summed E-state index contributed by atoms with van der Waals surface area (Å²) < 4.78 is 26.7. The summed E-state index contributed by atoms with van der Waals surface area (Å²) >= 11 is 1.53. The molecule has 0 heterocycles. The van der Waals surface area contributed by atoms with E-state index in [-0.39, 0.29) is 4.90 Å². The Morgan fingerprint density at radius 3 is 2.52 bits per heavy atom. The van der Waals surface area contributed by atoms with Gasteiger partial charge in [-0.25, -0.2) is 13.1 Å². The maximum absolute atomic E-state index is 12.1. The summed E-state index contributed by atoms with van der Waals surface area (Å²) in [5.41, 5.74) is 1.06. The molecule has 4 nitrogen and oxygen atoms in total. The zero-order valence-electron chi connectivity index (χ0n) is 12.4. The zero-order valence-corrected chi connectivity index (χ0v) is 14.1. The van der Waals surface area contributed by atoms with Crippen LogP contribution in [0.2, 0.25) is 0 Å². The van der Waals surface area contributed by atoms with E-state index in [0.29, 0.717) is 24.1 Å². The molecule has 0 radical (unpaired) electrons. The van der Waals surface area contributed by atoms with Crippen molar-refractivity contribution in [3.63, 3.8) is 0 Å². The van der Waals surface area contributed by atoms with Gasteiger partial charge >= 0.3 is 0 Å². The van der Waals surface area contributed by atoms with Gasteiger partial charge in [-0.3, -0.25) is 0 Å². The SMILES string of the molecule is C#CCSCCNS(=O)(=O)c1ccc(CNC(C)C)cc1. The van der Waals surface area contributed by atoms with E-state index in [9.17, 15) is 8.42 Å². The fraction of sp³-hybridized carbons (Fsp3) is 0.467. The summed E-state index contributed by atoms with van der Waals surface area (Å²) in [6.45, 7) is 5.25. The highest BCUT2D eigenvalue weighted by Gasteiger charge is 2.12. The van der Waals surface area contributed by atoms with Crippen molar-refractivity contribution in [1.82, 2.24) is 10.0 Å². The highest BCUT2D eigenvalue weighted by molar-refractivity contribution is 7.99. The largest absolute Gasteiger partial charge is 0.310 e. The molecule has 1 aromatic rings. The van der Waals surface area contributed by atoms with Crippen LogP contribution < -0.4 is 10.0 Å². The van der Waals surface area contributed by atoms with Crippen LogP contribution in [0.15, 0.2) is 29.2 Å². The molecule has 2 N–H and O–H groups in total. The first-order chi connectivity index (χ1) is 9.95. The molecule has 1 rings (SSSR count). The van der Waals surface area contributed by atoms with Gasteiger partial charge in [0.15, 0.2) is 0 Å². The molecule has 21 heavy (non-hydrogen) atoms. The van der Waals surface area contributed by atoms with Gasteiger partial charge in [-0.2, -0.15) is 0 Å². The Hall–Kier alpha value is -1.00. The van der Waals surface area contributed by atoms with Crippen molar-refractivity contribution >= 4 is 21.8 Å². The minimum Gasteiger partial charge on any atom is -0.310 e. The summed E-state index contributed by atoms with van der Waals surface area (Å²) in [6, 6.07) is 7.33. The van der Waals surface area contributed by atoms with Gasteiger partial charge in [0.05, 0.1) is 10.6 Å². The normalized spacial score (nSPS) is 11.5. The van der Waals surface area contributed by atoms with Crippen molar-refractivity contribution in [2.75, 3.05) is 18.1 Å². The smallest absolute Gasteiger partial charge is 0.240 e. The number of benzene rings is 1. The highest BCUT2D eigenvalue weighted by atomic mass is 32.2. The van der Waals surface area contributed by atoms with Crippen molar-refractivity contribution in [2.24, 2.45) is 0 Å². The Kier molecular flexibility index (Phi) is 7.83. The fourth-order valence-corrected chi connectivity index (χ4v) is 3.24. The average molecular weight is 326 g/mol. The standard InChI is InChI=1S/C15H22N2O2S2/c1-4-10-20-11-9-17-21(18,19)15-7-5-14(6-8-15)12-16-13(2)3/h1,5-8,13,16-17H,9-12H2,2-3H3. The lowest BCUT2D eigenvalue weighted by atomic mass is 10.2. The van der Waals surface area contributed by atoms with Gasteiger partial charge in [0, 0.05) is 24.9 Å². The lowest BCUT2D eigenvalue weighted by molar-refractivity contribution is 0.582. The van der Waals surface area contributed by atoms with E-state index < -0.39 is 10.0 Å². The van der Waals surface area contributed by atoms with Crippen molar-refractivity contribution in [2.45, 2.75) is 31.3 Å². The molecule has 0 bridgehead atoms. The van der Waals surface area contributed by atoms with Gasteiger partial charge in [-0.1, -0.05) is 31.9 Å². The third-order valence-electron chi connectivity index (χ3n) is 2.67. The molecule has 0 amide bonds. The summed E-state index contributed by atoms with van der Waals surface area (Å²) in [7, 11) is -3.43. The third kappa shape index (κ3) is 7.00. The molecule has 116 valence electrons. The van der Waals surface area contributed by atoms with Gasteiger partial charge in [0.1, 0.15) is 0 Å². The van der Waals surface area contributed by atoms with Crippen molar-refractivity contribution < 1.29 is 8.42 Å². The number of terminal acetylenes is 1. The van der Waals surface area contributed by atoms with E-state index in [4.69, 9.17) is 6.42 Å². The van der Waals surface area contributed by atoms with E-state index in [1.54, 1.807) is 12.1 Å². The molecule has 0 fully saturated rings. The van der Waals surface area contributed by atoms with Crippen LogP contribution in [-0.4, -0.2) is 32.5 Å². The van der Waals surface area contributed by atoms with Crippen LogP contribution in [0, 0.1) is 12.3 Å². The monoisotopic (exact) mass is 326 g/mol. The Morgan fingerprint density at radius 1 is 1.29 bits per heavy atom. The van der Waals surface area contributed by atoms with Crippen LogP contribution in [0.1, 0.15) is 19.4 Å². The molecule has 0 saturated carbocycles. The Balaban J connectivity index is 2.53. The molecular formula is C15H22N2O2S2. The quantitative estimate of drug-likeness (QED) is 0.537. The molecule has 0 spiro atoms. The first kappa shape index (κ1) is 18.1. The number of hydrogen-bond donors (Lipinski definition) is 2. The fourth-order valence-electron chi connectivity index (χ4n) is 1.57. The Morgan fingerprint density at radius 2 is 1.95 bits per heavy atom. The molecular weight excluding hydrogens is 304 g/mol. The third-order valence-corrected chi connectivity index (χ3v) is 5.01. The molecule has 0 saturated heterocycles. The predicted molar refractivity (Wildman–Crippen MR) is 89.8 cm³/mol. The van der Waals surface area contributed by atoms with Gasteiger partial charge in [-0.05, 0) is 17.7 Å². The lowest BCUT2D eigenvalue weighted by Crippen LogP contribution is -2.26. The van der Waals surface area contributed by atoms with Crippen LogP contribution in [0.3, 0.4) is 0 Å². The molecule has 6 heteroatoms. The van der Waals surface area contributed by atoms with E-state index in [1.165, 1.54) is 11.8 Å². The van der Waals surface area contributed by atoms with Crippen LogP contribution in [0.25, 0.3) is 0 Å². The second kappa shape index (κ2) is 9.11. The Bertz CT molecular complexity index is 560. The molecule has 0 atom stereocenters. The minimum atomic E-state index is -3.43. The van der Waals surface area contributed by atoms with Crippen molar-refractivity contribution in [1.29, 1.82) is 0 Å². The maximum Gasteiger partial charge on any atom is 0.240 e.